The highest BCUT2D eigenvalue weighted by Gasteiger charge is 2.11. The Morgan fingerprint density at radius 1 is 1.33 bits per heavy atom. The molecule has 0 saturated heterocycles. The minimum atomic E-state index is -0.387. The standard InChI is InChI=1S/C11H9NO2S/c1-14-11(13)10-12-9(7-15-10)8-5-3-2-4-6-8/h2-7H,1H3. The van der Waals surface area contributed by atoms with Crippen LogP contribution in [0.2, 0.25) is 0 Å². The molecule has 0 aliphatic carbocycles. The van der Waals surface area contributed by atoms with Crippen molar-refractivity contribution in [3.63, 3.8) is 0 Å². The van der Waals surface area contributed by atoms with Gasteiger partial charge < -0.3 is 4.74 Å². The number of carbonyl (C=O) groups is 1. The van der Waals surface area contributed by atoms with Crippen LogP contribution in [0.25, 0.3) is 11.3 Å². The molecule has 0 spiro atoms. The number of aromatic nitrogens is 1. The molecule has 4 heteroatoms. The summed E-state index contributed by atoms with van der Waals surface area (Å²) in [5, 5.41) is 2.23. The molecule has 0 aliphatic heterocycles. The average Bonchev–Trinajstić information content (AvgIpc) is 2.78. The molecule has 76 valence electrons. The monoisotopic (exact) mass is 219 g/mol. The summed E-state index contributed by atoms with van der Waals surface area (Å²) >= 11 is 1.29. The molecule has 0 N–H and O–H groups in total. The quantitative estimate of drug-likeness (QED) is 0.729. The van der Waals surface area contributed by atoms with Crippen LogP contribution < -0.4 is 0 Å². The SMILES string of the molecule is COC(=O)c1nc(-c2ccccc2)cs1. The first kappa shape index (κ1) is 9.86. The van der Waals surface area contributed by atoms with Crippen molar-refractivity contribution in [2.45, 2.75) is 0 Å². The van der Waals surface area contributed by atoms with Gasteiger partial charge in [-0.05, 0) is 0 Å². The summed E-state index contributed by atoms with van der Waals surface area (Å²) < 4.78 is 4.59. The van der Waals surface area contributed by atoms with E-state index in [9.17, 15) is 4.79 Å². The number of esters is 1. The molecule has 0 saturated carbocycles. The molecule has 0 bridgehead atoms. The lowest BCUT2D eigenvalue weighted by Gasteiger charge is -1.94. The maximum absolute atomic E-state index is 11.2. The van der Waals surface area contributed by atoms with Crippen LogP contribution in [-0.2, 0) is 4.74 Å². The summed E-state index contributed by atoms with van der Waals surface area (Å²) in [7, 11) is 1.35. The fourth-order valence-corrected chi connectivity index (χ4v) is 1.94. The third kappa shape index (κ3) is 2.05. The second-order valence-electron chi connectivity index (χ2n) is 2.90. The zero-order valence-corrected chi connectivity index (χ0v) is 8.95. The molecule has 0 fully saturated rings. The summed E-state index contributed by atoms with van der Waals surface area (Å²) in [5.41, 5.74) is 1.81. The van der Waals surface area contributed by atoms with Gasteiger partial charge >= 0.3 is 5.97 Å². The number of carbonyl (C=O) groups excluding carboxylic acids is 1. The topological polar surface area (TPSA) is 39.2 Å². The van der Waals surface area contributed by atoms with Crippen molar-refractivity contribution in [1.29, 1.82) is 0 Å². The molecular formula is C11H9NO2S. The Morgan fingerprint density at radius 3 is 2.73 bits per heavy atom. The van der Waals surface area contributed by atoms with Crippen molar-refractivity contribution in [3.05, 3.63) is 40.7 Å². The Labute approximate surface area is 91.4 Å². The predicted molar refractivity (Wildman–Crippen MR) is 58.9 cm³/mol. The Bertz CT molecular complexity index is 464. The molecule has 1 aromatic carbocycles. The minimum Gasteiger partial charge on any atom is -0.464 e. The third-order valence-electron chi connectivity index (χ3n) is 1.93. The Kier molecular flexibility index (Phi) is 2.78. The van der Waals surface area contributed by atoms with Gasteiger partial charge in [0.2, 0.25) is 5.01 Å². The summed E-state index contributed by atoms with van der Waals surface area (Å²) in [6, 6.07) is 9.72. The number of ether oxygens (including phenoxy) is 1. The van der Waals surface area contributed by atoms with Crippen LogP contribution in [0.3, 0.4) is 0 Å². The normalized spacial score (nSPS) is 9.93. The first-order valence-corrected chi connectivity index (χ1v) is 5.28. The summed E-state index contributed by atoms with van der Waals surface area (Å²) in [4.78, 5) is 15.4. The number of thiazole rings is 1. The van der Waals surface area contributed by atoms with Gasteiger partial charge in [-0.2, -0.15) is 0 Å². The summed E-state index contributed by atoms with van der Waals surface area (Å²) in [6.45, 7) is 0. The van der Waals surface area contributed by atoms with Crippen LogP contribution in [-0.4, -0.2) is 18.1 Å². The average molecular weight is 219 g/mol. The van der Waals surface area contributed by atoms with E-state index in [1.165, 1.54) is 18.4 Å². The van der Waals surface area contributed by atoms with Gasteiger partial charge in [-0.1, -0.05) is 30.3 Å². The fourth-order valence-electron chi connectivity index (χ4n) is 1.20. The van der Waals surface area contributed by atoms with Crippen LogP contribution in [0.1, 0.15) is 9.80 Å². The molecule has 0 amide bonds. The number of hydrogen-bond donors (Lipinski definition) is 0. The van der Waals surface area contributed by atoms with E-state index in [1.807, 2.05) is 35.7 Å². The van der Waals surface area contributed by atoms with Crippen molar-refractivity contribution < 1.29 is 9.53 Å². The molecule has 2 aromatic rings. The predicted octanol–water partition coefficient (Wildman–Crippen LogP) is 2.60. The Hall–Kier alpha value is -1.68. The van der Waals surface area contributed by atoms with Gasteiger partial charge in [0.1, 0.15) is 0 Å². The molecule has 15 heavy (non-hydrogen) atoms. The smallest absolute Gasteiger partial charge is 0.367 e. The van der Waals surface area contributed by atoms with E-state index >= 15 is 0 Å². The highest BCUT2D eigenvalue weighted by molar-refractivity contribution is 7.11. The van der Waals surface area contributed by atoms with Gasteiger partial charge in [0.05, 0.1) is 12.8 Å². The van der Waals surface area contributed by atoms with E-state index in [0.29, 0.717) is 5.01 Å². The van der Waals surface area contributed by atoms with Gasteiger partial charge in [0.15, 0.2) is 0 Å². The van der Waals surface area contributed by atoms with Crippen LogP contribution in [0.4, 0.5) is 0 Å². The summed E-state index contributed by atoms with van der Waals surface area (Å²) in [6.07, 6.45) is 0. The molecule has 1 aromatic heterocycles. The molecule has 0 radical (unpaired) electrons. The van der Waals surface area contributed by atoms with Crippen molar-refractivity contribution >= 4 is 17.3 Å². The van der Waals surface area contributed by atoms with Gasteiger partial charge in [0, 0.05) is 10.9 Å². The number of rotatable bonds is 2. The number of hydrogen-bond acceptors (Lipinski definition) is 4. The van der Waals surface area contributed by atoms with Gasteiger partial charge in [-0.25, -0.2) is 9.78 Å². The summed E-state index contributed by atoms with van der Waals surface area (Å²) in [5.74, 6) is -0.387. The lowest BCUT2D eigenvalue weighted by atomic mass is 10.2. The first-order chi connectivity index (χ1) is 7.31. The molecule has 2 rings (SSSR count). The zero-order valence-electron chi connectivity index (χ0n) is 8.14. The molecule has 0 unspecified atom stereocenters. The number of methoxy groups -OCH3 is 1. The van der Waals surface area contributed by atoms with Crippen molar-refractivity contribution in [3.8, 4) is 11.3 Å². The van der Waals surface area contributed by atoms with Crippen LogP contribution in [0.5, 0.6) is 0 Å². The van der Waals surface area contributed by atoms with Crippen LogP contribution in [0.15, 0.2) is 35.7 Å². The van der Waals surface area contributed by atoms with Crippen LogP contribution in [0, 0.1) is 0 Å². The van der Waals surface area contributed by atoms with Gasteiger partial charge in [-0.3, -0.25) is 0 Å². The fraction of sp³-hybridized carbons (Fsp3) is 0.0909. The third-order valence-corrected chi connectivity index (χ3v) is 2.76. The van der Waals surface area contributed by atoms with Crippen molar-refractivity contribution in [2.75, 3.05) is 7.11 Å². The lowest BCUT2D eigenvalue weighted by molar-refractivity contribution is 0.0600. The molecule has 0 atom stereocenters. The lowest BCUT2D eigenvalue weighted by Crippen LogP contribution is -1.99. The number of benzene rings is 1. The molecular weight excluding hydrogens is 210 g/mol. The van der Waals surface area contributed by atoms with Gasteiger partial charge in [-0.15, -0.1) is 11.3 Å². The van der Waals surface area contributed by atoms with E-state index in [1.54, 1.807) is 0 Å². The highest BCUT2D eigenvalue weighted by atomic mass is 32.1. The molecule has 0 aliphatic rings. The van der Waals surface area contributed by atoms with E-state index < -0.39 is 0 Å². The Balaban J connectivity index is 2.32. The van der Waals surface area contributed by atoms with E-state index in [2.05, 4.69) is 9.72 Å². The maximum atomic E-state index is 11.2. The van der Waals surface area contributed by atoms with Crippen molar-refractivity contribution in [1.82, 2.24) is 4.98 Å². The second-order valence-corrected chi connectivity index (χ2v) is 3.75. The van der Waals surface area contributed by atoms with Crippen LogP contribution >= 0.6 is 11.3 Å². The highest BCUT2D eigenvalue weighted by Crippen LogP contribution is 2.21. The molecule has 3 nitrogen and oxygen atoms in total. The number of nitrogens with zero attached hydrogens (tertiary/aromatic N) is 1. The first-order valence-electron chi connectivity index (χ1n) is 4.40. The maximum Gasteiger partial charge on any atom is 0.367 e. The van der Waals surface area contributed by atoms with E-state index in [4.69, 9.17) is 0 Å². The van der Waals surface area contributed by atoms with Crippen molar-refractivity contribution in [2.24, 2.45) is 0 Å². The largest absolute Gasteiger partial charge is 0.464 e. The second kappa shape index (κ2) is 4.23. The van der Waals surface area contributed by atoms with E-state index in [-0.39, 0.29) is 5.97 Å². The minimum absolute atomic E-state index is 0.386. The Morgan fingerprint density at radius 2 is 2.07 bits per heavy atom. The molecule has 1 heterocycles. The van der Waals surface area contributed by atoms with E-state index in [0.717, 1.165) is 11.3 Å². The zero-order chi connectivity index (χ0) is 10.7. The van der Waals surface area contributed by atoms with Gasteiger partial charge in [0.25, 0.3) is 0 Å².